The second kappa shape index (κ2) is 5.87. The smallest absolute Gasteiger partial charge is 0.133 e. The standard InChI is InChI=1S/C14H20BrNO/c1-3-10(2)11-4-5-14(13(15)8-11)17-12-6-7-16-9-12/h4-5,8,10,12,16H,3,6-7,9H2,1-2H3/t10-,12+/m0/s1. The van der Waals surface area contributed by atoms with Gasteiger partial charge in [0.2, 0.25) is 0 Å². The van der Waals surface area contributed by atoms with Crippen molar-refractivity contribution in [3.63, 3.8) is 0 Å². The molecule has 1 saturated heterocycles. The van der Waals surface area contributed by atoms with E-state index < -0.39 is 0 Å². The first-order valence-corrected chi connectivity index (χ1v) is 7.16. The fraction of sp³-hybridized carbons (Fsp3) is 0.571. The number of halogens is 1. The second-order valence-electron chi connectivity index (χ2n) is 4.73. The van der Waals surface area contributed by atoms with Crippen LogP contribution in [0.3, 0.4) is 0 Å². The molecule has 1 aliphatic rings. The topological polar surface area (TPSA) is 21.3 Å². The lowest BCUT2D eigenvalue weighted by atomic mass is 9.99. The maximum atomic E-state index is 5.97. The van der Waals surface area contributed by atoms with Crippen LogP contribution in [-0.4, -0.2) is 19.2 Å². The van der Waals surface area contributed by atoms with Gasteiger partial charge in [0.25, 0.3) is 0 Å². The van der Waals surface area contributed by atoms with Crippen molar-refractivity contribution in [2.45, 2.75) is 38.7 Å². The molecular weight excluding hydrogens is 278 g/mol. The second-order valence-corrected chi connectivity index (χ2v) is 5.59. The van der Waals surface area contributed by atoms with Gasteiger partial charge in [0.15, 0.2) is 0 Å². The van der Waals surface area contributed by atoms with Crippen LogP contribution in [-0.2, 0) is 0 Å². The van der Waals surface area contributed by atoms with Crippen LogP contribution in [0.5, 0.6) is 5.75 Å². The lowest BCUT2D eigenvalue weighted by molar-refractivity contribution is 0.221. The molecular formula is C14H20BrNO. The molecule has 1 aromatic carbocycles. The zero-order chi connectivity index (χ0) is 12.3. The molecule has 1 aliphatic heterocycles. The molecule has 0 bridgehead atoms. The molecule has 1 aromatic rings. The quantitative estimate of drug-likeness (QED) is 0.915. The molecule has 0 saturated carbocycles. The fourth-order valence-corrected chi connectivity index (χ4v) is 2.55. The highest BCUT2D eigenvalue weighted by Gasteiger charge is 2.17. The van der Waals surface area contributed by atoms with Gasteiger partial charge in [0.1, 0.15) is 11.9 Å². The molecule has 3 heteroatoms. The zero-order valence-electron chi connectivity index (χ0n) is 10.5. The SMILES string of the molecule is CC[C@H](C)c1ccc(O[C@@H]2CCNC2)c(Br)c1. The third-order valence-corrected chi connectivity index (χ3v) is 4.07. The first kappa shape index (κ1) is 12.9. The van der Waals surface area contributed by atoms with Crippen LogP contribution in [0.25, 0.3) is 0 Å². The van der Waals surface area contributed by atoms with Gasteiger partial charge in [-0.25, -0.2) is 0 Å². The number of benzene rings is 1. The van der Waals surface area contributed by atoms with Gasteiger partial charge in [-0.05, 0) is 58.9 Å². The molecule has 0 spiro atoms. The van der Waals surface area contributed by atoms with Crippen molar-refractivity contribution >= 4 is 15.9 Å². The van der Waals surface area contributed by atoms with Crippen molar-refractivity contribution in [2.24, 2.45) is 0 Å². The van der Waals surface area contributed by atoms with Gasteiger partial charge in [-0.2, -0.15) is 0 Å². The summed E-state index contributed by atoms with van der Waals surface area (Å²) in [6.45, 7) is 6.49. The van der Waals surface area contributed by atoms with Crippen molar-refractivity contribution in [1.82, 2.24) is 5.32 Å². The Morgan fingerprint density at radius 3 is 2.94 bits per heavy atom. The van der Waals surface area contributed by atoms with Gasteiger partial charge >= 0.3 is 0 Å². The highest BCUT2D eigenvalue weighted by molar-refractivity contribution is 9.10. The molecule has 0 radical (unpaired) electrons. The predicted molar refractivity (Wildman–Crippen MR) is 74.8 cm³/mol. The van der Waals surface area contributed by atoms with Gasteiger partial charge in [-0.3, -0.25) is 0 Å². The molecule has 1 N–H and O–H groups in total. The number of nitrogens with one attached hydrogen (secondary N) is 1. The molecule has 2 atom stereocenters. The van der Waals surface area contributed by atoms with E-state index in [1.54, 1.807) is 0 Å². The maximum Gasteiger partial charge on any atom is 0.133 e. The lowest BCUT2D eigenvalue weighted by Crippen LogP contribution is -2.19. The Balaban J connectivity index is 2.08. The summed E-state index contributed by atoms with van der Waals surface area (Å²) in [5.74, 6) is 1.57. The molecule has 0 aliphatic carbocycles. The molecule has 0 aromatic heterocycles. The van der Waals surface area contributed by atoms with Crippen LogP contribution in [0.4, 0.5) is 0 Å². The highest BCUT2D eigenvalue weighted by Crippen LogP contribution is 2.31. The van der Waals surface area contributed by atoms with Crippen molar-refractivity contribution in [3.05, 3.63) is 28.2 Å². The summed E-state index contributed by atoms with van der Waals surface area (Å²) in [7, 11) is 0. The Bertz CT molecular complexity index is 374. The minimum atomic E-state index is 0.320. The van der Waals surface area contributed by atoms with E-state index in [0.29, 0.717) is 12.0 Å². The summed E-state index contributed by atoms with van der Waals surface area (Å²) in [6.07, 6.45) is 2.58. The Morgan fingerprint density at radius 2 is 2.35 bits per heavy atom. The largest absolute Gasteiger partial charge is 0.488 e. The first-order chi connectivity index (χ1) is 8.20. The van der Waals surface area contributed by atoms with Gasteiger partial charge in [0, 0.05) is 6.54 Å². The zero-order valence-corrected chi connectivity index (χ0v) is 12.1. The van der Waals surface area contributed by atoms with Crippen LogP contribution in [0.15, 0.2) is 22.7 Å². The van der Waals surface area contributed by atoms with Crippen LogP contribution >= 0.6 is 15.9 Å². The van der Waals surface area contributed by atoms with Gasteiger partial charge in [0.05, 0.1) is 4.47 Å². The Labute approximate surface area is 112 Å². The third kappa shape index (κ3) is 3.23. The first-order valence-electron chi connectivity index (χ1n) is 6.37. The average Bonchev–Trinajstić information content (AvgIpc) is 2.83. The number of rotatable bonds is 4. The summed E-state index contributed by atoms with van der Waals surface area (Å²) < 4.78 is 7.04. The van der Waals surface area contributed by atoms with E-state index in [4.69, 9.17) is 4.74 Å². The normalized spacial score (nSPS) is 21.5. The molecule has 17 heavy (non-hydrogen) atoms. The van der Waals surface area contributed by atoms with Crippen molar-refractivity contribution in [1.29, 1.82) is 0 Å². The van der Waals surface area contributed by atoms with Crippen LogP contribution in [0, 0.1) is 0 Å². The number of hydrogen-bond donors (Lipinski definition) is 1. The fourth-order valence-electron chi connectivity index (χ4n) is 2.06. The number of ether oxygens (including phenoxy) is 1. The molecule has 2 nitrogen and oxygen atoms in total. The summed E-state index contributed by atoms with van der Waals surface area (Å²) >= 11 is 3.61. The van der Waals surface area contributed by atoms with E-state index in [9.17, 15) is 0 Å². The molecule has 0 unspecified atom stereocenters. The Morgan fingerprint density at radius 1 is 1.53 bits per heavy atom. The van der Waals surface area contributed by atoms with E-state index in [0.717, 1.165) is 29.7 Å². The summed E-state index contributed by atoms with van der Waals surface area (Å²) in [6, 6.07) is 6.45. The minimum Gasteiger partial charge on any atom is -0.488 e. The van der Waals surface area contributed by atoms with Gasteiger partial charge in [-0.1, -0.05) is 19.9 Å². The molecule has 94 valence electrons. The molecule has 2 rings (SSSR count). The third-order valence-electron chi connectivity index (χ3n) is 3.45. The summed E-state index contributed by atoms with van der Waals surface area (Å²) in [5.41, 5.74) is 1.37. The number of hydrogen-bond acceptors (Lipinski definition) is 2. The summed E-state index contributed by atoms with van der Waals surface area (Å²) in [4.78, 5) is 0. The van der Waals surface area contributed by atoms with Gasteiger partial charge in [-0.15, -0.1) is 0 Å². The van der Waals surface area contributed by atoms with Crippen LogP contribution < -0.4 is 10.1 Å². The van der Waals surface area contributed by atoms with E-state index in [1.807, 2.05) is 0 Å². The Kier molecular flexibility index (Phi) is 4.46. The highest BCUT2D eigenvalue weighted by atomic mass is 79.9. The monoisotopic (exact) mass is 297 g/mol. The van der Waals surface area contributed by atoms with E-state index in [2.05, 4.69) is 53.3 Å². The molecule has 0 amide bonds. The van der Waals surface area contributed by atoms with E-state index >= 15 is 0 Å². The average molecular weight is 298 g/mol. The Hall–Kier alpha value is -0.540. The van der Waals surface area contributed by atoms with Gasteiger partial charge < -0.3 is 10.1 Å². The minimum absolute atomic E-state index is 0.320. The maximum absolute atomic E-state index is 5.97. The van der Waals surface area contributed by atoms with Crippen LogP contribution in [0.1, 0.15) is 38.2 Å². The summed E-state index contributed by atoms with van der Waals surface area (Å²) in [5, 5.41) is 3.31. The lowest BCUT2D eigenvalue weighted by Gasteiger charge is -2.16. The van der Waals surface area contributed by atoms with Crippen molar-refractivity contribution in [3.8, 4) is 5.75 Å². The van der Waals surface area contributed by atoms with E-state index in [-0.39, 0.29) is 0 Å². The van der Waals surface area contributed by atoms with E-state index in [1.165, 1.54) is 12.0 Å². The molecule has 1 fully saturated rings. The van der Waals surface area contributed by atoms with Crippen LogP contribution in [0.2, 0.25) is 0 Å². The molecule has 1 heterocycles. The van der Waals surface area contributed by atoms with Crippen molar-refractivity contribution < 1.29 is 4.74 Å². The van der Waals surface area contributed by atoms with Crippen molar-refractivity contribution in [2.75, 3.05) is 13.1 Å². The predicted octanol–water partition coefficient (Wildman–Crippen LogP) is 3.70.